The number of hydrogen-bond donors (Lipinski definition) is 3. The van der Waals surface area contributed by atoms with E-state index in [2.05, 4.69) is 15.5 Å². The van der Waals surface area contributed by atoms with Gasteiger partial charge < -0.3 is 16.0 Å². The number of piperazine rings is 1. The van der Waals surface area contributed by atoms with E-state index >= 15 is 0 Å². The van der Waals surface area contributed by atoms with Crippen molar-refractivity contribution in [1.29, 1.82) is 0 Å². The summed E-state index contributed by atoms with van der Waals surface area (Å²) in [6.07, 6.45) is 1.68. The normalized spacial score (nSPS) is 15.6. The van der Waals surface area contributed by atoms with Crippen LogP contribution < -0.4 is 11.1 Å². The van der Waals surface area contributed by atoms with Crippen LogP contribution in [0.5, 0.6) is 0 Å². The van der Waals surface area contributed by atoms with Crippen LogP contribution in [0.25, 0.3) is 0 Å². The summed E-state index contributed by atoms with van der Waals surface area (Å²) in [5.41, 5.74) is 7.28. The van der Waals surface area contributed by atoms with Gasteiger partial charge in [0.15, 0.2) is 5.69 Å². The lowest BCUT2D eigenvalue weighted by atomic mass is 10.2. The molecule has 0 aromatic carbocycles. The molecule has 1 fully saturated rings. The Morgan fingerprint density at radius 2 is 2.33 bits per heavy atom. The summed E-state index contributed by atoms with van der Waals surface area (Å²) in [6, 6.07) is 0. The molecule has 1 aromatic rings. The summed E-state index contributed by atoms with van der Waals surface area (Å²) in [6.45, 7) is 3.04. The Bertz CT molecular complexity index is 468. The highest BCUT2D eigenvalue weighted by molar-refractivity contribution is 5.99. The highest BCUT2D eigenvalue weighted by Gasteiger charge is 2.26. The maximum atomic E-state index is 12.2. The molecule has 0 radical (unpaired) electrons. The molecular formula is C11H17N5O2. The van der Waals surface area contributed by atoms with E-state index in [1.165, 1.54) is 4.90 Å². The van der Waals surface area contributed by atoms with E-state index < -0.39 is 0 Å². The molecule has 98 valence electrons. The van der Waals surface area contributed by atoms with Crippen LogP contribution in [0.2, 0.25) is 0 Å². The van der Waals surface area contributed by atoms with Crippen molar-refractivity contribution in [2.45, 2.75) is 19.8 Å². The number of aromatic nitrogens is 2. The molecule has 1 aliphatic heterocycles. The molecule has 7 nitrogen and oxygen atoms in total. The minimum atomic E-state index is -0.291. The minimum absolute atomic E-state index is 0.0637. The molecular weight excluding hydrogens is 234 g/mol. The van der Waals surface area contributed by atoms with Gasteiger partial charge in [-0.25, -0.2) is 0 Å². The predicted octanol–water partition coefficient (Wildman–Crippen LogP) is -0.484. The van der Waals surface area contributed by atoms with Crippen LogP contribution in [0.3, 0.4) is 0 Å². The van der Waals surface area contributed by atoms with Crippen molar-refractivity contribution in [2.75, 3.05) is 25.4 Å². The number of H-pyrrole nitrogens is 1. The van der Waals surface area contributed by atoms with E-state index in [9.17, 15) is 9.59 Å². The highest BCUT2D eigenvalue weighted by Crippen LogP contribution is 2.17. The van der Waals surface area contributed by atoms with Gasteiger partial charge in [-0.3, -0.25) is 14.7 Å². The molecule has 2 amide bonds. The Morgan fingerprint density at radius 3 is 3.00 bits per heavy atom. The molecule has 0 aliphatic carbocycles. The average molecular weight is 251 g/mol. The molecule has 18 heavy (non-hydrogen) atoms. The number of aromatic amines is 1. The molecule has 1 aromatic heterocycles. The Labute approximate surface area is 105 Å². The minimum Gasteiger partial charge on any atom is -0.395 e. The number of rotatable bonds is 3. The molecule has 1 saturated heterocycles. The van der Waals surface area contributed by atoms with Crippen molar-refractivity contribution < 1.29 is 9.59 Å². The van der Waals surface area contributed by atoms with E-state index in [-0.39, 0.29) is 24.1 Å². The SMILES string of the molecule is CCCc1[nH]nc(C(=O)N2CCNC(=O)C2)c1N. The number of hydrogen-bond acceptors (Lipinski definition) is 4. The zero-order valence-corrected chi connectivity index (χ0v) is 10.3. The van der Waals surface area contributed by atoms with E-state index in [0.29, 0.717) is 18.8 Å². The van der Waals surface area contributed by atoms with E-state index in [0.717, 1.165) is 18.5 Å². The number of aryl methyl sites for hydroxylation is 1. The number of nitrogens with one attached hydrogen (secondary N) is 2. The molecule has 2 rings (SSSR count). The summed E-state index contributed by atoms with van der Waals surface area (Å²) in [5, 5.41) is 9.41. The summed E-state index contributed by atoms with van der Waals surface area (Å²) in [7, 11) is 0. The third-order valence-electron chi connectivity index (χ3n) is 2.91. The number of amides is 2. The fourth-order valence-corrected chi connectivity index (χ4v) is 1.95. The first-order chi connectivity index (χ1) is 8.63. The van der Waals surface area contributed by atoms with Gasteiger partial charge >= 0.3 is 0 Å². The second-order valence-electron chi connectivity index (χ2n) is 4.29. The van der Waals surface area contributed by atoms with Gasteiger partial charge in [-0.15, -0.1) is 0 Å². The fourth-order valence-electron chi connectivity index (χ4n) is 1.95. The standard InChI is InChI=1S/C11H17N5O2/c1-2-3-7-9(12)10(15-14-7)11(18)16-5-4-13-8(17)6-16/h2-6,12H2,1H3,(H,13,17)(H,14,15). The molecule has 0 unspecified atom stereocenters. The summed E-state index contributed by atoms with van der Waals surface area (Å²) >= 11 is 0. The Balaban J connectivity index is 2.15. The van der Waals surface area contributed by atoms with Crippen molar-refractivity contribution in [3.8, 4) is 0 Å². The maximum absolute atomic E-state index is 12.2. The van der Waals surface area contributed by atoms with Gasteiger partial charge in [0.05, 0.1) is 17.9 Å². The monoisotopic (exact) mass is 251 g/mol. The first-order valence-electron chi connectivity index (χ1n) is 6.02. The number of anilines is 1. The molecule has 2 heterocycles. The number of nitrogen functional groups attached to an aromatic ring is 1. The topological polar surface area (TPSA) is 104 Å². The van der Waals surface area contributed by atoms with Gasteiger partial charge in [0, 0.05) is 13.1 Å². The maximum Gasteiger partial charge on any atom is 0.277 e. The predicted molar refractivity (Wildman–Crippen MR) is 65.9 cm³/mol. The van der Waals surface area contributed by atoms with Crippen molar-refractivity contribution >= 4 is 17.5 Å². The summed E-state index contributed by atoms with van der Waals surface area (Å²) < 4.78 is 0. The highest BCUT2D eigenvalue weighted by atomic mass is 16.2. The lowest BCUT2D eigenvalue weighted by molar-refractivity contribution is -0.123. The number of carbonyl (C=O) groups is 2. The van der Waals surface area contributed by atoms with Gasteiger partial charge in [-0.2, -0.15) is 5.10 Å². The zero-order valence-electron chi connectivity index (χ0n) is 10.3. The van der Waals surface area contributed by atoms with E-state index in [4.69, 9.17) is 5.73 Å². The van der Waals surface area contributed by atoms with Crippen LogP contribution in [0, 0.1) is 0 Å². The third-order valence-corrected chi connectivity index (χ3v) is 2.91. The van der Waals surface area contributed by atoms with Crippen LogP contribution in [0.4, 0.5) is 5.69 Å². The first-order valence-corrected chi connectivity index (χ1v) is 6.02. The molecule has 0 atom stereocenters. The lowest BCUT2D eigenvalue weighted by Crippen LogP contribution is -2.50. The number of nitrogens with two attached hydrogens (primary N) is 1. The van der Waals surface area contributed by atoms with Crippen molar-refractivity contribution in [3.63, 3.8) is 0 Å². The van der Waals surface area contributed by atoms with E-state index in [1.807, 2.05) is 6.92 Å². The molecule has 0 bridgehead atoms. The van der Waals surface area contributed by atoms with Gasteiger partial charge in [-0.1, -0.05) is 13.3 Å². The summed E-state index contributed by atoms with van der Waals surface area (Å²) in [5.74, 6) is -0.446. The molecule has 0 saturated carbocycles. The molecule has 1 aliphatic rings. The number of carbonyl (C=O) groups excluding carboxylic acids is 2. The van der Waals surface area contributed by atoms with Crippen LogP contribution >= 0.6 is 0 Å². The van der Waals surface area contributed by atoms with Crippen molar-refractivity contribution in [3.05, 3.63) is 11.4 Å². The summed E-state index contributed by atoms with van der Waals surface area (Å²) in [4.78, 5) is 24.9. The van der Waals surface area contributed by atoms with Gasteiger partial charge in [0.2, 0.25) is 5.91 Å². The lowest BCUT2D eigenvalue weighted by Gasteiger charge is -2.25. The Hall–Kier alpha value is -2.05. The smallest absolute Gasteiger partial charge is 0.277 e. The van der Waals surface area contributed by atoms with Crippen LogP contribution in [-0.4, -0.2) is 46.5 Å². The number of nitrogens with zero attached hydrogens (tertiary/aromatic N) is 2. The van der Waals surface area contributed by atoms with Gasteiger partial charge in [-0.05, 0) is 6.42 Å². The first kappa shape index (κ1) is 12.4. The van der Waals surface area contributed by atoms with E-state index in [1.54, 1.807) is 0 Å². The van der Waals surface area contributed by atoms with Gasteiger partial charge in [0.1, 0.15) is 0 Å². The second kappa shape index (κ2) is 5.07. The Morgan fingerprint density at radius 1 is 1.56 bits per heavy atom. The Kier molecular flexibility index (Phi) is 3.50. The van der Waals surface area contributed by atoms with Crippen LogP contribution in [0.1, 0.15) is 29.5 Å². The largest absolute Gasteiger partial charge is 0.395 e. The van der Waals surface area contributed by atoms with Crippen molar-refractivity contribution in [1.82, 2.24) is 20.4 Å². The van der Waals surface area contributed by atoms with Crippen LogP contribution in [0.15, 0.2) is 0 Å². The fraction of sp³-hybridized carbons (Fsp3) is 0.545. The molecule has 7 heteroatoms. The molecule has 0 spiro atoms. The second-order valence-corrected chi connectivity index (χ2v) is 4.29. The molecule has 4 N–H and O–H groups in total. The third kappa shape index (κ3) is 2.29. The quantitative estimate of drug-likeness (QED) is 0.674. The van der Waals surface area contributed by atoms with Crippen LogP contribution in [-0.2, 0) is 11.2 Å². The van der Waals surface area contributed by atoms with Crippen molar-refractivity contribution in [2.24, 2.45) is 0 Å². The van der Waals surface area contributed by atoms with Gasteiger partial charge in [0.25, 0.3) is 5.91 Å². The zero-order chi connectivity index (χ0) is 13.1. The average Bonchev–Trinajstić information content (AvgIpc) is 2.71.